The van der Waals surface area contributed by atoms with Crippen molar-refractivity contribution in [2.24, 2.45) is 0 Å². The van der Waals surface area contributed by atoms with E-state index in [2.05, 4.69) is 10.3 Å². The summed E-state index contributed by atoms with van der Waals surface area (Å²) in [6.07, 6.45) is 3.45. The van der Waals surface area contributed by atoms with Crippen molar-refractivity contribution < 1.29 is 4.39 Å². The van der Waals surface area contributed by atoms with Crippen molar-refractivity contribution in [3.05, 3.63) is 64.2 Å². The Balaban J connectivity index is 2.56. The Hall–Kier alpha value is -1.45. The summed E-state index contributed by atoms with van der Waals surface area (Å²) in [5, 5.41) is 3.53. The van der Waals surface area contributed by atoms with E-state index in [0.717, 1.165) is 11.1 Å². The van der Waals surface area contributed by atoms with Gasteiger partial charge in [0.2, 0.25) is 0 Å². The molecule has 0 radical (unpaired) electrons. The lowest BCUT2D eigenvalue weighted by molar-refractivity contribution is 0.575. The number of halogens is 2. The molecular formula is C14H14ClFN2. The van der Waals surface area contributed by atoms with Crippen molar-refractivity contribution in [1.29, 1.82) is 0 Å². The van der Waals surface area contributed by atoms with Crippen molar-refractivity contribution in [1.82, 2.24) is 10.3 Å². The first-order valence-electron chi connectivity index (χ1n) is 5.67. The highest BCUT2D eigenvalue weighted by Gasteiger charge is 2.20. The zero-order valence-electron chi connectivity index (χ0n) is 10.2. The van der Waals surface area contributed by atoms with Gasteiger partial charge < -0.3 is 5.32 Å². The van der Waals surface area contributed by atoms with Gasteiger partial charge in [-0.25, -0.2) is 4.39 Å². The van der Waals surface area contributed by atoms with Gasteiger partial charge in [-0.05, 0) is 43.3 Å². The van der Waals surface area contributed by atoms with Crippen LogP contribution in [-0.2, 0) is 0 Å². The molecule has 1 aromatic heterocycles. The highest BCUT2D eigenvalue weighted by molar-refractivity contribution is 6.31. The van der Waals surface area contributed by atoms with Crippen LogP contribution in [0.1, 0.15) is 22.7 Å². The van der Waals surface area contributed by atoms with Crippen LogP contribution < -0.4 is 5.32 Å². The smallest absolute Gasteiger partial charge is 0.129 e. The number of hydrogen-bond donors (Lipinski definition) is 1. The fourth-order valence-corrected chi connectivity index (χ4v) is 2.32. The zero-order chi connectivity index (χ0) is 13.1. The largest absolute Gasteiger partial charge is 0.309 e. The van der Waals surface area contributed by atoms with Crippen molar-refractivity contribution in [3.8, 4) is 0 Å². The van der Waals surface area contributed by atoms with E-state index in [4.69, 9.17) is 11.6 Å². The Morgan fingerprint density at radius 3 is 2.72 bits per heavy atom. The fourth-order valence-electron chi connectivity index (χ4n) is 2.05. The molecule has 0 fully saturated rings. The molecule has 1 heterocycles. The summed E-state index contributed by atoms with van der Waals surface area (Å²) in [6.45, 7) is 1.95. The number of aromatic nitrogens is 1. The standard InChI is InChI=1S/C14H14ClFN2/c1-9-8-18-7-6-10(9)14(17-2)13-11(15)4-3-5-12(13)16/h3-8,14,17H,1-2H3. The Morgan fingerprint density at radius 1 is 1.33 bits per heavy atom. The first-order valence-corrected chi connectivity index (χ1v) is 6.04. The van der Waals surface area contributed by atoms with E-state index in [9.17, 15) is 4.39 Å². The van der Waals surface area contributed by atoms with Gasteiger partial charge in [-0.3, -0.25) is 4.98 Å². The zero-order valence-corrected chi connectivity index (χ0v) is 11.0. The van der Waals surface area contributed by atoms with Crippen molar-refractivity contribution in [2.75, 3.05) is 7.05 Å². The summed E-state index contributed by atoms with van der Waals surface area (Å²) in [4.78, 5) is 4.05. The summed E-state index contributed by atoms with van der Waals surface area (Å²) in [5.41, 5.74) is 2.44. The van der Waals surface area contributed by atoms with Crippen molar-refractivity contribution in [2.45, 2.75) is 13.0 Å². The van der Waals surface area contributed by atoms with Gasteiger partial charge in [-0.1, -0.05) is 17.7 Å². The van der Waals surface area contributed by atoms with E-state index in [1.165, 1.54) is 6.07 Å². The molecule has 0 saturated heterocycles. The van der Waals surface area contributed by atoms with Crippen LogP contribution >= 0.6 is 11.6 Å². The lowest BCUT2D eigenvalue weighted by Gasteiger charge is -2.20. The van der Waals surface area contributed by atoms with E-state index in [1.54, 1.807) is 31.6 Å². The first kappa shape index (κ1) is 13.0. The third-order valence-electron chi connectivity index (χ3n) is 2.95. The predicted octanol–water partition coefficient (Wildman–Crippen LogP) is 3.49. The molecule has 1 N–H and O–H groups in total. The number of rotatable bonds is 3. The van der Waals surface area contributed by atoms with Crippen LogP contribution in [0, 0.1) is 12.7 Å². The maximum atomic E-state index is 14.0. The van der Waals surface area contributed by atoms with Crippen LogP contribution in [0.5, 0.6) is 0 Å². The Kier molecular flexibility index (Phi) is 3.94. The number of aryl methyl sites for hydroxylation is 1. The highest BCUT2D eigenvalue weighted by Crippen LogP contribution is 2.31. The molecule has 1 aromatic carbocycles. The minimum Gasteiger partial charge on any atom is -0.309 e. The van der Waals surface area contributed by atoms with Gasteiger partial charge in [0.25, 0.3) is 0 Å². The maximum Gasteiger partial charge on any atom is 0.129 e. The third-order valence-corrected chi connectivity index (χ3v) is 3.28. The predicted molar refractivity (Wildman–Crippen MR) is 71.3 cm³/mol. The van der Waals surface area contributed by atoms with Gasteiger partial charge in [0.1, 0.15) is 5.82 Å². The quantitative estimate of drug-likeness (QED) is 0.918. The molecule has 0 saturated carbocycles. The maximum absolute atomic E-state index is 14.0. The summed E-state index contributed by atoms with van der Waals surface area (Å²) in [7, 11) is 1.79. The molecular weight excluding hydrogens is 251 g/mol. The van der Waals surface area contributed by atoms with Crippen molar-refractivity contribution in [3.63, 3.8) is 0 Å². The van der Waals surface area contributed by atoms with E-state index in [0.29, 0.717) is 10.6 Å². The summed E-state index contributed by atoms with van der Waals surface area (Å²) >= 11 is 6.11. The van der Waals surface area contributed by atoms with Gasteiger partial charge in [0.15, 0.2) is 0 Å². The summed E-state index contributed by atoms with van der Waals surface area (Å²) in [6, 6.07) is 6.32. The van der Waals surface area contributed by atoms with E-state index >= 15 is 0 Å². The molecule has 18 heavy (non-hydrogen) atoms. The topological polar surface area (TPSA) is 24.9 Å². The SMILES string of the molecule is CNC(c1ccncc1C)c1c(F)cccc1Cl. The van der Waals surface area contributed by atoms with E-state index in [1.807, 2.05) is 13.0 Å². The number of benzene rings is 1. The Bertz CT molecular complexity index is 537. The van der Waals surface area contributed by atoms with Gasteiger partial charge in [-0.2, -0.15) is 0 Å². The number of nitrogens with one attached hydrogen (secondary N) is 1. The van der Waals surface area contributed by atoms with Crippen LogP contribution in [0.4, 0.5) is 4.39 Å². The third kappa shape index (κ3) is 2.37. The molecule has 2 rings (SSSR count). The van der Waals surface area contributed by atoms with E-state index in [-0.39, 0.29) is 11.9 Å². The van der Waals surface area contributed by atoms with Gasteiger partial charge >= 0.3 is 0 Å². The molecule has 0 amide bonds. The van der Waals surface area contributed by atoms with Gasteiger partial charge in [0, 0.05) is 23.0 Å². The number of pyridine rings is 1. The number of hydrogen-bond acceptors (Lipinski definition) is 2. The lowest BCUT2D eigenvalue weighted by Crippen LogP contribution is -2.20. The summed E-state index contributed by atoms with van der Waals surface area (Å²) < 4.78 is 14.0. The average molecular weight is 265 g/mol. The van der Waals surface area contributed by atoms with Crippen molar-refractivity contribution >= 4 is 11.6 Å². The Labute approximate surface area is 111 Å². The molecule has 2 aromatic rings. The van der Waals surface area contributed by atoms with Crippen LogP contribution in [0.3, 0.4) is 0 Å². The number of nitrogens with zero attached hydrogens (tertiary/aromatic N) is 1. The normalized spacial score (nSPS) is 12.4. The molecule has 94 valence electrons. The second kappa shape index (κ2) is 5.46. The van der Waals surface area contributed by atoms with Crippen LogP contribution in [0.2, 0.25) is 5.02 Å². The van der Waals surface area contributed by atoms with Crippen LogP contribution in [0.15, 0.2) is 36.7 Å². The minimum absolute atomic E-state index is 0.276. The molecule has 2 nitrogen and oxygen atoms in total. The monoisotopic (exact) mass is 264 g/mol. The lowest BCUT2D eigenvalue weighted by atomic mass is 9.96. The second-order valence-electron chi connectivity index (χ2n) is 4.09. The van der Waals surface area contributed by atoms with Crippen LogP contribution in [0.25, 0.3) is 0 Å². The average Bonchev–Trinajstić information content (AvgIpc) is 2.35. The Morgan fingerprint density at radius 2 is 2.11 bits per heavy atom. The molecule has 0 bridgehead atoms. The van der Waals surface area contributed by atoms with E-state index < -0.39 is 0 Å². The molecule has 0 aliphatic carbocycles. The van der Waals surface area contributed by atoms with Gasteiger partial charge in [-0.15, -0.1) is 0 Å². The van der Waals surface area contributed by atoms with Gasteiger partial charge in [0.05, 0.1) is 6.04 Å². The molecule has 0 spiro atoms. The molecule has 1 unspecified atom stereocenters. The molecule has 0 aliphatic rings. The second-order valence-corrected chi connectivity index (χ2v) is 4.50. The summed E-state index contributed by atoms with van der Waals surface area (Å²) in [5.74, 6) is -0.307. The first-order chi connectivity index (χ1) is 8.65. The molecule has 1 atom stereocenters. The molecule has 4 heteroatoms. The van der Waals surface area contributed by atoms with Crippen LogP contribution in [-0.4, -0.2) is 12.0 Å². The highest BCUT2D eigenvalue weighted by atomic mass is 35.5. The molecule has 0 aliphatic heterocycles. The minimum atomic E-state index is -0.307. The fraction of sp³-hybridized carbons (Fsp3) is 0.214.